The zero-order chi connectivity index (χ0) is 17.8. The van der Waals surface area contributed by atoms with Crippen molar-refractivity contribution in [1.82, 2.24) is 0 Å². The van der Waals surface area contributed by atoms with Crippen LogP contribution in [0.4, 0.5) is 0 Å². The van der Waals surface area contributed by atoms with Crippen molar-refractivity contribution < 1.29 is 9.22 Å². The highest BCUT2D eigenvalue weighted by Crippen LogP contribution is 2.68. The smallest absolute Gasteiger partial charge is 0.172 e. The number of rotatable bonds is 4. The number of carbonyl (C=O) groups is 1. The highest BCUT2D eigenvalue weighted by molar-refractivity contribution is 6.48. The largest absolute Gasteiger partial charge is 0.411 e. The van der Waals surface area contributed by atoms with E-state index in [2.05, 4.69) is 65.1 Å². The van der Waals surface area contributed by atoms with Crippen LogP contribution in [-0.2, 0) is 9.22 Å². The van der Waals surface area contributed by atoms with Gasteiger partial charge in [-0.05, 0) is 53.8 Å². The van der Waals surface area contributed by atoms with Gasteiger partial charge in [-0.25, -0.2) is 0 Å². The molecule has 3 unspecified atom stereocenters. The monoisotopic (exact) mass is 342 g/mol. The van der Waals surface area contributed by atoms with Crippen molar-refractivity contribution in [2.24, 2.45) is 16.7 Å². The molecule has 0 spiro atoms. The average molecular weight is 343 g/mol. The second-order valence-corrected chi connectivity index (χ2v) is 11.5. The summed E-state index contributed by atoms with van der Waals surface area (Å²) in [6.07, 6.45) is 3.10. The molecule has 1 aromatic carbocycles. The Labute approximate surface area is 148 Å². The van der Waals surface area contributed by atoms with Crippen LogP contribution in [0.25, 0.3) is 5.57 Å². The fraction of sp³-hybridized carbons (Fsp3) is 0.571. The van der Waals surface area contributed by atoms with E-state index in [4.69, 9.17) is 4.43 Å². The number of benzene rings is 1. The Bertz CT molecular complexity index is 671. The minimum Gasteiger partial charge on any atom is -0.411 e. The summed E-state index contributed by atoms with van der Waals surface area (Å²) in [5.74, 6) is 0.434. The van der Waals surface area contributed by atoms with Crippen LogP contribution in [0.1, 0.15) is 46.1 Å². The molecule has 24 heavy (non-hydrogen) atoms. The zero-order valence-electron chi connectivity index (χ0n) is 15.8. The number of carbonyl (C=O) groups excluding carboxylic acids is 1. The molecule has 3 atom stereocenters. The van der Waals surface area contributed by atoms with Crippen LogP contribution < -0.4 is 0 Å². The third-order valence-corrected chi connectivity index (χ3v) is 6.78. The van der Waals surface area contributed by atoms with E-state index in [0.717, 1.165) is 30.3 Å². The van der Waals surface area contributed by atoms with Gasteiger partial charge in [-0.3, -0.25) is 4.79 Å². The second-order valence-electron chi connectivity index (χ2n) is 9.19. The van der Waals surface area contributed by atoms with Crippen LogP contribution in [0.3, 0.4) is 0 Å². The van der Waals surface area contributed by atoms with Crippen LogP contribution in [-0.4, -0.2) is 20.9 Å². The molecule has 3 heteroatoms. The summed E-state index contributed by atoms with van der Waals surface area (Å²) in [4.78, 5) is 12.1. The summed E-state index contributed by atoms with van der Waals surface area (Å²) in [7, 11) is -1.27. The fourth-order valence-electron chi connectivity index (χ4n) is 5.20. The SMILES string of the molecule is C[SiH](C)OC12CC(C)(CC1C(C)(C)C)C(C=O)=C2c1ccccc1. The molecule has 0 heterocycles. The lowest BCUT2D eigenvalue weighted by Crippen LogP contribution is -2.46. The Hall–Kier alpha value is -1.19. The Morgan fingerprint density at radius 1 is 1.21 bits per heavy atom. The van der Waals surface area contributed by atoms with Gasteiger partial charge >= 0.3 is 0 Å². The molecule has 2 aliphatic rings. The topological polar surface area (TPSA) is 26.3 Å². The molecule has 2 bridgehead atoms. The number of fused-ring (bicyclic) bond motifs is 2. The van der Waals surface area contributed by atoms with Crippen molar-refractivity contribution in [3.8, 4) is 0 Å². The molecule has 2 aliphatic carbocycles. The Balaban J connectivity index is 2.27. The lowest BCUT2D eigenvalue weighted by Gasteiger charge is -2.46. The third-order valence-electron chi connectivity index (χ3n) is 5.88. The van der Waals surface area contributed by atoms with Crippen molar-refractivity contribution in [3.05, 3.63) is 41.5 Å². The van der Waals surface area contributed by atoms with E-state index in [0.29, 0.717) is 5.92 Å². The van der Waals surface area contributed by atoms with Crippen molar-refractivity contribution in [1.29, 1.82) is 0 Å². The molecule has 3 rings (SSSR count). The lowest BCUT2D eigenvalue weighted by molar-refractivity contribution is -0.105. The van der Waals surface area contributed by atoms with Crippen molar-refractivity contribution in [2.45, 2.75) is 59.2 Å². The predicted molar refractivity (Wildman–Crippen MR) is 102 cm³/mol. The van der Waals surface area contributed by atoms with E-state index in [1.54, 1.807) is 0 Å². The van der Waals surface area contributed by atoms with Gasteiger partial charge in [-0.1, -0.05) is 58.0 Å². The van der Waals surface area contributed by atoms with E-state index in [-0.39, 0.29) is 16.4 Å². The quantitative estimate of drug-likeness (QED) is 0.577. The molecule has 0 aliphatic heterocycles. The minimum absolute atomic E-state index is 0.0613. The van der Waals surface area contributed by atoms with E-state index >= 15 is 0 Å². The van der Waals surface area contributed by atoms with E-state index < -0.39 is 9.04 Å². The standard InChI is InChI=1S/C21H30O2Si/c1-19(2,3)17-12-20(4)14-21(17,23-24(5)6)18(16(20)13-22)15-10-8-7-9-11-15/h7-11,13,17,24H,12,14H2,1-6H3. The van der Waals surface area contributed by atoms with Gasteiger partial charge < -0.3 is 4.43 Å². The van der Waals surface area contributed by atoms with Crippen molar-refractivity contribution in [2.75, 3.05) is 0 Å². The molecule has 0 N–H and O–H groups in total. The van der Waals surface area contributed by atoms with Gasteiger partial charge in [0.15, 0.2) is 9.04 Å². The normalized spacial score (nSPS) is 32.7. The van der Waals surface area contributed by atoms with Gasteiger partial charge in [0.05, 0.1) is 5.60 Å². The lowest BCUT2D eigenvalue weighted by atomic mass is 9.65. The first-order valence-electron chi connectivity index (χ1n) is 9.08. The Kier molecular flexibility index (Phi) is 4.16. The number of allylic oxidation sites excluding steroid dienone is 1. The van der Waals surface area contributed by atoms with E-state index in [9.17, 15) is 4.79 Å². The number of hydrogen-bond acceptors (Lipinski definition) is 2. The fourth-order valence-corrected chi connectivity index (χ4v) is 6.41. The van der Waals surface area contributed by atoms with E-state index in [1.165, 1.54) is 5.57 Å². The van der Waals surface area contributed by atoms with Gasteiger partial charge in [0.25, 0.3) is 0 Å². The van der Waals surface area contributed by atoms with E-state index in [1.807, 2.05) is 6.07 Å². The third kappa shape index (κ3) is 2.53. The van der Waals surface area contributed by atoms with Gasteiger partial charge in [-0.15, -0.1) is 0 Å². The predicted octanol–water partition coefficient (Wildman–Crippen LogP) is 4.85. The molecule has 0 radical (unpaired) electrons. The average Bonchev–Trinajstić information content (AvgIpc) is 2.91. The zero-order valence-corrected chi connectivity index (χ0v) is 17.0. The highest BCUT2D eigenvalue weighted by Gasteiger charge is 2.65. The molecule has 1 aromatic rings. The summed E-state index contributed by atoms with van der Waals surface area (Å²) in [6.45, 7) is 13.7. The summed E-state index contributed by atoms with van der Waals surface area (Å²) in [5, 5.41) is 0. The highest BCUT2D eigenvalue weighted by atomic mass is 28.3. The maximum absolute atomic E-state index is 12.1. The van der Waals surface area contributed by atoms with Crippen molar-refractivity contribution in [3.63, 3.8) is 0 Å². The van der Waals surface area contributed by atoms with Gasteiger partial charge in [-0.2, -0.15) is 0 Å². The minimum atomic E-state index is -1.27. The maximum Gasteiger partial charge on any atom is 0.172 e. The van der Waals surface area contributed by atoms with Crippen LogP contribution >= 0.6 is 0 Å². The molecular weight excluding hydrogens is 312 g/mol. The number of hydrogen-bond donors (Lipinski definition) is 0. The second kappa shape index (κ2) is 5.67. The Morgan fingerprint density at radius 3 is 2.33 bits per heavy atom. The molecule has 2 nitrogen and oxygen atoms in total. The molecular formula is C21H30O2Si. The molecule has 1 fully saturated rings. The maximum atomic E-state index is 12.1. The van der Waals surface area contributed by atoms with Crippen molar-refractivity contribution >= 4 is 20.9 Å². The Morgan fingerprint density at radius 2 is 1.83 bits per heavy atom. The molecule has 0 aromatic heterocycles. The number of aldehydes is 1. The van der Waals surface area contributed by atoms with Crippen LogP contribution in [0.2, 0.25) is 13.1 Å². The summed E-state index contributed by atoms with van der Waals surface area (Å²) in [5.41, 5.74) is 3.10. The summed E-state index contributed by atoms with van der Waals surface area (Å²) < 4.78 is 6.82. The van der Waals surface area contributed by atoms with Gasteiger partial charge in [0.1, 0.15) is 6.29 Å². The first-order chi connectivity index (χ1) is 11.1. The van der Waals surface area contributed by atoms with Crippen LogP contribution in [0.5, 0.6) is 0 Å². The summed E-state index contributed by atoms with van der Waals surface area (Å²) >= 11 is 0. The van der Waals surface area contributed by atoms with Gasteiger partial charge in [0, 0.05) is 5.57 Å². The first kappa shape index (κ1) is 17.6. The van der Waals surface area contributed by atoms with Crippen LogP contribution in [0.15, 0.2) is 35.9 Å². The first-order valence-corrected chi connectivity index (χ1v) is 11.9. The molecule has 1 saturated carbocycles. The molecule has 130 valence electrons. The summed E-state index contributed by atoms with van der Waals surface area (Å²) in [6, 6.07) is 10.4. The van der Waals surface area contributed by atoms with Crippen LogP contribution in [0, 0.1) is 16.7 Å². The molecule has 0 saturated heterocycles. The molecule has 0 amide bonds. The van der Waals surface area contributed by atoms with Gasteiger partial charge in [0.2, 0.25) is 0 Å².